The first-order valence-corrected chi connectivity index (χ1v) is 8.51. The van der Waals surface area contributed by atoms with Crippen molar-refractivity contribution in [3.05, 3.63) is 48.8 Å². The molecule has 0 unspecified atom stereocenters. The van der Waals surface area contributed by atoms with Gasteiger partial charge in [-0.25, -0.2) is 0 Å². The van der Waals surface area contributed by atoms with Gasteiger partial charge in [0.15, 0.2) is 0 Å². The number of nitrogens with one attached hydrogen (secondary N) is 2. The molecule has 4 N–H and O–H groups in total. The molecule has 1 heterocycles. The van der Waals surface area contributed by atoms with E-state index in [9.17, 15) is 4.79 Å². The van der Waals surface area contributed by atoms with Crippen LogP contribution in [0.3, 0.4) is 0 Å². The maximum absolute atomic E-state index is 12.3. The van der Waals surface area contributed by atoms with Crippen molar-refractivity contribution in [2.24, 2.45) is 11.8 Å². The lowest BCUT2D eigenvalue weighted by atomic mass is 9.81. The van der Waals surface area contributed by atoms with Gasteiger partial charge >= 0.3 is 0 Å². The Morgan fingerprint density at radius 3 is 2.50 bits per heavy atom. The zero-order valence-corrected chi connectivity index (χ0v) is 13.7. The van der Waals surface area contributed by atoms with Crippen LogP contribution in [0.4, 0.5) is 17.1 Å². The number of pyridine rings is 1. The first-order valence-electron chi connectivity index (χ1n) is 8.51. The van der Waals surface area contributed by atoms with E-state index in [0.717, 1.165) is 49.3 Å². The molecule has 1 fully saturated rings. The summed E-state index contributed by atoms with van der Waals surface area (Å²) >= 11 is 0. The summed E-state index contributed by atoms with van der Waals surface area (Å²) < 4.78 is 0. The molecule has 5 heteroatoms. The largest absolute Gasteiger partial charge is 0.397 e. The fraction of sp³-hybridized carbons (Fsp3) is 0.368. The molecule has 0 spiro atoms. The molecule has 0 aliphatic heterocycles. The van der Waals surface area contributed by atoms with E-state index >= 15 is 0 Å². The van der Waals surface area contributed by atoms with Crippen LogP contribution in [0.25, 0.3) is 0 Å². The van der Waals surface area contributed by atoms with Crippen molar-refractivity contribution in [2.75, 3.05) is 22.9 Å². The van der Waals surface area contributed by atoms with Crippen LogP contribution in [0.15, 0.2) is 48.8 Å². The number of benzene rings is 1. The van der Waals surface area contributed by atoms with Crippen LogP contribution < -0.4 is 16.4 Å². The quantitative estimate of drug-likeness (QED) is 0.735. The number of amides is 1. The molecule has 3 rings (SSSR count). The van der Waals surface area contributed by atoms with Crippen LogP contribution in [0.5, 0.6) is 0 Å². The van der Waals surface area contributed by atoms with Gasteiger partial charge < -0.3 is 16.4 Å². The Morgan fingerprint density at radius 1 is 1.08 bits per heavy atom. The van der Waals surface area contributed by atoms with Gasteiger partial charge in [-0.15, -0.1) is 0 Å². The van der Waals surface area contributed by atoms with E-state index in [1.54, 1.807) is 12.4 Å². The van der Waals surface area contributed by atoms with Crippen LogP contribution in [-0.4, -0.2) is 17.4 Å². The molecular formula is C19H24N4O. The summed E-state index contributed by atoms with van der Waals surface area (Å²) in [6.07, 6.45) is 7.38. The van der Waals surface area contributed by atoms with E-state index in [2.05, 4.69) is 15.6 Å². The first-order chi connectivity index (χ1) is 11.7. The number of nitrogens with zero attached hydrogens (tertiary/aromatic N) is 1. The van der Waals surface area contributed by atoms with Crippen LogP contribution in [-0.2, 0) is 4.79 Å². The molecule has 0 bridgehead atoms. The number of anilines is 3. The number of hydrogen-bond acceptors (Lipinski definition) is 4. The van der Waals surface area contributed by atoms with E-state index in [1.807, 2.05) is 36.4 Å². The Kier molecular flexibility index (Phi) is 5.31. The van der Waals surface area contributed by atoms with E-state index in [0.29, 0.717) is 5.92 Å². The third kappa shape index (κ3) is 4.25. The van der Waals surface area contributed by atoms with Gasteiger partial charge in [0, 0.05) is 30.5 Å². The third-order valence-electron chi connectivity index (χ3n) is 4.71. The number of hydrogen-bond donors (Lipinski definition) is 3. The average molecular weight is 324 g/mol. The summed E-state index contributed by atoms with van der Waals surface area (Å²) in [4.78, 5) is 16.3. The number of carbonyl (C=O) groups excluding carboxylic acids is 1. The lowest BCUT2D eigenvalue weighted by Gasteiger charge is -2.28. The van der Waals surface area contributed by atoms with Gasteiger partial charge in [0.05, 0.1) is 11.4 Å². The molecule has 0 atom stereocenters. The summed E-state index contributed by atoms with van der Waals surface area (Å²) in [5.41, 5.74) is 8.55. The fourth-order valence-electron chi connectivity index (χ4n) is 3.22. The molecule has 1 amide bonds. The molecular weight excluding hydrogens is 300 g/mol. The van der Waals surface area contributed by atoms with E-state index < -0.39 is 0 Å². The summed E-state index contributed by atoms with van der Waals surface area (Å²) in [7, 11) is 0. The molecule has 126 valence electrons. The highest BCUT2D eigenvalue weighted by atomic mass is 16.1. The molecule has 5 nitrogen and oxygen atoms in total. The van der Waals surface area contributed by atoms with Crippen molar-refractivity contribution < 1.29 is 4.79 Å². The zero-order valence-electron chi connectivity index (χ0n) is 13.7. The minimum absolute atomic E-state index is 0.108. The van der Waals surface area contributed by atoms with Crippen LogP contribution in [0.1, 0.15) is 25.7 Å². The number of aromatic nitrogens is 1. The average Bonchev–Trinajstić information content (AvgIpc) is 2.62. The molecule has 1 aliphatic carbocycles. The molecule has 1 aromatic heterocycles. The summed E-state index contributed by atoms with van der Waals surface area (Å²) in [6.45, 7) is 0.910. The van der Waals surface area contributed by atoms with Crippen molar-refractivity contribution in [3.8, 4) is 0 Å². The van der Waals surface area contributed by atoms with E-state index in [4.69, 9.17) is 5.73 Å². The molecule has 2 aromatic rings. The SMILES string of the molecule is Nc1ccccc1NC[C@H]1CC[C@H](C(=O)Nc2ccncc2)CC1. The minimum Gasteiger partial charge on any atom is -0.397 e. The van der Waals surface area contributed by atoms with Gasteiger partial charge in [0.2, 0.25) is 5.91 Å². The Morgan fingerprint density at radius 2 is 1.79 bits per heavy atom. The van der Waals surface area contributed by atoms with Crippen LogP contribution >= 0.6 is 0 Å². The van der Waals surface area contributed by atoms with Crippen molar-refractivity contribution in [2.45, 2.75) is 25.7 Å². The molecule has 1 aliphatic rings. The van der Waals surface area contributed by atoms with E-state index in [-0.39, 0.29) is 11.8 Å². The smallest absolute Gasteiger partial charge is 0.227 e. The Balaban J connectivity index is 1.44. The predicted octanol–water partition coefficient (Wildman–Crippen LogP) is 3.52. The first kappa shape index (κ1) is 16.3. The number of nitrogens with two attached hydrogens (primary N) is 1. The van der Waals surface area contributed by atoms with Gasteiger partial charge in [0.25, 0.3) is 0 Å². The maximum Gasteiger partial charge on any atom is 0.227 e. The highest BCUT2D eigenvalue weighted by Gasteiger charge is 2.26. The Bertz CT molecular complexity index is 666. The second-order valence-electron chi connectivity index (χ2n) is 6.41. The summed E-state index contributed by atoms with van der Waals surface area (Å²) in [5.74, 6) is 0.825. The van der Waals surface area contributed by atoms with Crippen LogP contribution in [0.2, 0.25) is 0 Å². The van der Waals surface area contributed by atoms with Crippen LogP contribution in [0, 0.1) is 11.8 Å². The Hall–Kier alpha value is -2.56. The highest BCUT2D eigenvalue weighted by molar-refractivity contribution is 5.92. The maximum atomic E-state index is 12.3. The second kappa shape index (κ2) is 7.81. The van der Waals surface area contributed by atoms with Crippen molar-refractivity contribution in [1.82, 2.24) is 4.98 Å². The van der Waals surface area contributed by atoms with Gasteiger partial charge in [-0.3, -0.25) is 9.78 Å². The topological polar surface area (TPSA) is 80.0 Å². The molecule has 1 aromatic carbocycles. The van der Waals surface area contributed by atoms with Gasteiger partial charge in [-0.1, -0.05) is 12.1 Å². The van der Waals surface area contributed by atoms with Gasteiger partial charge in [-0.2, -0.15) is 0 Å². The number of carbonyl (C=O) groups is 1. The molecule has 0 radical (unpaired) electrons. The van der Waals surface area contributed by atoms with Crippen molar-refractivity contribution in [3.63, 3.8) is 0 Å². The Labute approximate surface area is 142 Å². The lowest BCUT2D eigenvalue weighted by molar-refractivity contribution is -0.121. The summed E-state index contributed by atoms with van der Waals surface area (Å²) in [5, 5.41) is 6.41. The van der Waals surface area contributed by atoms with Gasteiger partial charge in [0.1, 0.15) is 0 Å². The standard InChI is InChI=1S/C19H24N4O/c20-17-3-1-2-4-18(17)22-13-14-5-7-15(8-6-14)19(24)23-16-9-11-21-12-10-16/h1-4,9-12,14-15,22H,5-8,13,20H2,(H,21,23,24)/t14-,15-. The van der Waals surface area contributed by atoms with E-state index in [1.165, 1.54) is 0 Å². The molecule has 24 heavy (non-hydrogen) atoms. The molecule has 0 saturated heterocycles. The zero-order chi connectivity index (χ0) is 16.8. The molecule has 1 saturated carbocycles. The summed E-state index contributed by atoms with van der Waals surface area (Å²) in [6, 6.07) is 11.5. The number of nitrogen functional groups attached to an aromatic ring is 1. The van der Waals surface area contributed by atoms with Gasteiger partial charge in [-0.05, 0) is 55.9 Å². The van der Waals surface area contributed by atoms with Crippen molar-refractivity contribution in [1.29, 1.82) is 0 Å². The van der Waals surface area contributed by atoms with Crippen molar-refractivity contribution >= 4 is 23.0 Å². The predicted molar refractivity (Wildman–Crippen MR) is 97.7 cm³/mol. The minimum atomic E-state index is 0.108. The highest BCUT2D eigenvalue weighted by Crippen LogP contribution is 2.30. The number of para-hydroxylation sites is 2. The monoisotopic (exact) mass is 324 g/mol. The second-order valence-corrected chi connectivity index (χ2v) is 6.41. The lowest BCUT2D eigenvalue weighted by Crippen LogP contribution is -2.29. The normalized spacial score (nSPS) is 20.3. The fourth-order valence-corrected chi connectivity index (χ4v) is 3.22. The number of rotatable bonds is 5. The third-order valence-corrected chi connectivity index (χ3v) is 4.71.